The predicted octanol–water partition coefficient (Wildman–Crippen LogP) is 4.42. The van der Waals surface area contributed by atoms with Crippen molar-refractivity contribution in [2.75, 3.05) is 19.8 Å². The summed E-state index contributed by atoms with van der Waals surface area (Å²) < 4.78 is 12.0. The van der Waals surface area contributed by atoms with Gasteiger partial charge >= 0.3 is 5.97 Å². The third kappa shape index (κ3) is 6.94. The second-order valence-corrected chi connectivity index (χ2v) is 9.00. The Morgan fingerprint density at radius 1 is 1.03 bits per heavy atom. The molecule has 2 N–H and O–H groups in total. The van der Waals surface area contributed by atoms with Crippen LogP contribution in [0.4, 0.5) is 0 Å². The molecule has 0 bridgehead atoms. The number of aryl methyl sites for hydroxylation is 1. The lowest BCUT2D eigenvalue weighted by Crippen LogP contribution is -2.42. The molecule has 1 saturated carbocycles. The first-order valence-electron chi connectivity index (χ1n) is 12.3. The average molecular weight is 455 g/mol. The van der Waals surface area contributed by atoms with E-state index in [1.165, 1.54) is 24.8 Å². The molecule has 1 unspecified atom stereocenters. The van der Waals surface area contributed by atoms with E-state index < -0.39 is 12.1 Å². The first-order chi connectivity index (χ1) is 16.0. The molecule has 3 rings (SSSR count). The van der Waals surface area contributed by atoms with Crippen molar-refractivity contribution in [1.82, 2.24) is 10.6 Å². The first kappa shape index (κ1) is 25.0. The van der Waals surface area contributed by atoms with E-state index in [-0.39, 0.29) is 5.91 Å². The molecule has 1 fully saturated rings. The lowest BCUT2D eigenvalue weighted by Gasteiger charge is -2.32. The van der Waals surface area contributed by atoms with Crippen molar-refractivity contribution in [3.63, 3.8) is 0 Å². The quantitative estimate of drug-likeness (QED) is 0.404. The minimum atomic E-state index is -0.721. The number of benzene rings is 1. The van der Waals surface area contributed by atoms with E-state index in [0.717, 1.165) is 25.7 Å². The largest absolute Gasteiger partial charge is 0.462 e. The van der Waals surface area contributed by atoms with Crippen LogP contribution in [0.25, 0.3) is 0 Å². The van der Waals surface area contributed by atoms with Crippen LogP contribution in [0, 0.1) is 5.92 Å². The zero-order chi connectivity index (χ0) is 23.6. The highest BCUT2D eigenvalue weighted by molar-refractivity contribution is 6.01. The zero-order valence-electron chi connectivity index (χ0n) is 20.2. The van der Waals surface area contributed by atoms with E-state index in [9.17, 15) is 9.59 Å². The predicted molar refractivity (Wildman–Crippen MR) is 129 cm³/mol. The molecule has 33 heavy (non-hydrogen) atoms. The SMILES string of the molecule is CCNC(=O)C1=C(C)NC(C)=C(C(=O)OCCCc2ccccc2)C1OCC1CCCCC1. The Hall–Kier alpha value is -2.60. The number of carbonyl (C=O) groups is 2. The first-order valence-corrected chi connectivity index (χ1v) is 12.3. The Kier molecular flexibility index (Phi) is 9.55. The van der Waals surface area contributed by atoms with Crippen molar-refractivity contribution in [1.29, 1.82) is 0 Å². The lowest BCUT2D eigenvalue weighted by atomic mass is 9.89. The van der Waals surface area contributed by atoms with Gasteiger partial charge in [0.1, 0.15) is 6.10 Å². The van der Waals surface area contributed by atoms with Crippen molar-refractivity contribution in [3.8, 4) is 0 Å². The summed E-state index contributed by atoms with van der Waals surface area (Å²) in [6.45, 7) is 6.94. The average Bonchev–Trinajstić information content (AvgIpc) is 2.81. The lowest BCUT2D eigenvalue weighted by molar-refractivity contribution is -0.140. The number of nitrogens with one attached hydrogen (secondary N) is 2. The number of hydrogen-bond acceptors (Lipinski definition) is 5. The number of carbonyl (C=O) groups excluding carboxylic acids is 2. The van der Waals surface area contributed by atoms with Gasteiger partial charge in [0.15, 0.2) is 0 Å². The van der Waals surface area contributed by atoms with E-state index >= 15 is 0 Å². The summed E-state index contributed by atoms with van der Waals surface area (Å²) in [4.78, 5) is 26.1. The van der Waals surface area contributed by atoms with Crippen LogP contribution in [0.5, 0.6) is 0 Å². The number of likely N-dealkylation sites (N-methyl/N-ethyl adjacent to an activating group) is 1. The van der Waals surface area contributed by atoms with Gasteiger partial charge in [-0.2, -0.15) is 0 Å². The molecule has 1 heterocycles. The van der Waals surface area contributed by atoms with Crippen LogP contribution >= 0.6 is 0 Å². The Labute approximate surface area is 197 Å². The third-order valence-corrected chi connectivity index (χ3v) is 6.42. The van der Waals surface area contributed by atoms with Gasteiger partial charge in [-0.05, 0) is 57.9 Å². The van der Waals surface area contributed by atoms with E-state index in [0.29, 0.717) is 48.2 Å². The van der Waals surface area contributed by atoms with Gasteiger partial charge in [-0.25, -0.2) is 4.79 Å². The smallest absolute Gasteiger partial charge is 0.338 e. The van der Waals surface area contributed by atoms with Crippen LogP contribution < -0.4 is 10.6 Å². The number of dihydropyridines is 1. The second kappa shape index (κ2) is 12.6. The van der Waals surface area contributed by atoms with Crippen LogP contribution in [0.2, 0.25) is 0 Å². The van der Waals surface area contributed by atoms with E-state index in [1.807, 2.05) is 39.0 Å². The number of amides is 1. The van der Waals surface area contributed by atoms with Crippen LogP contribution in [-0.2, 0) is 25.5 Å². The van der Waals surface area contributed by atoms with Crippen molar-refractivity contribution in [2.24, 2.45) is 5.92 Å². The molecule has 1 amide bonds. The summed E-state index contributed by atoms with van der Waals surface area (Å²) in [5.74, 6) is -0.165. The molecule has 0 aromatic heterocycles. The number of esters is 1. The maximum atomic E-state index is 13.2. The molecular formula is C27H38N2O4. The Bertz CT molecular complexity index is 869. The fraction of sp³-hybridized carbons (Fsp3) is 0.556. The number of allylic oxidation sites excluding steroid dienone is 2. The molecule has 0 radical (unpaired) electrons. The highest BCUT2D eigenvalue weighted by Gasteiger charge is 2.37. The number of ether oxygens (including phenoxy) is 2. The van der Waals surface area contributed by atoms with Gasteiger partial charge in [0.25, 0.3) is 5.91 Å². The Morgan fingerprint density at radius 3 is 2.42 bits per heavy atom. The molecular weight excluding hydrogens is 416 g/mol. The highest BCUT2D eigenvalue weighted by atomic mass is 16.5. The van der Waals surface area contributed by atoms with E-state index in [1.54, 1.807) is 0 Å². The van der Waals surface area contributed by atoms with Gasteiger partial charge in [0.05, 0.1) is 24.4 Å². The summed E-state index contributed by atoms with van der Waals surface area (Å²) in [7, 11) is 0. The molecule has 1 aliphatic carbocycles. The Morgan fingerprint density at radius 2 is 1.73 bits per heavy atom. The molecule has 1 aromatic carbocycles. The van der Waals surface area contributed by atoms with Gasteiger partial charge in [0.2, 0.25) is 0 Å². The van der Waals surface area contributed by atoms with Gasteiger partial charge in [-0.3, -0.25) is 4.79 Å². The fourth-order valence-corrected chi connectivity index (χ4v) is 4.68. The monoisotopic (exact) mass is 454 g/mol. The van der Waals surface area contributed by atoms with Crippen LogP contribution in [0.15, 0.2) is 52.9 Å². The molecule has 2 aliphatic rings. The van der Waals surface area contributed by atoms with E-state index in [4.69, 9.17) is 9.47 Å². The number of rotatable bonds is 10. The summed E-state index contributed by atoms with van der Waals surface area (Å²) in [5, 5.41) is 6.07. The van der Waals surface area contributed by atoms with Gasteiger partial charge in [0, 0.05) is 17.9 Å². The minimum absolute atomic E-state index is 0.210. The summed E-state index contributed by atoms with van der Waals surface area (Å²) in [6.07, 6.45) is 6.81. The van der Waals surface area contributed by atoms with Gasteiger partial charge in [-0.15, -0.1) is 0 Å². The molecule has 0 spiro atoms. The zero-order valence-corrected chi connectivity index (χ0v) is 20.2. The summed E-state index contributed by atoms with van der Waals surface area (Å²) in [6, 6.07) is 10.1. The van der Waals surface area contributed by atoms with Crippen LogP contribution in [0.3, 0.4) is 0 Å². The minimum Gasteiger partial charge on any atom is -0.462 e. The third-order valence-electron chi connectivity index (χ3n) is 6.42. The van der Waals surface area contributed by atoms with E-state index in [2.05, 4.69) is 22.8 Å². The van der Waals surface area contributed by atoms with Crippen molar-refractivity contribution >= 4 is 11.9 Å². The van der Waals surface area contributed by atoms with Crippen LogP contribution in [0.1, 0.15) is 64.9 Å². The van der Waals surface area contributed by atoms with Crippen molar-refractivity contribution < 1.29 is 19.1 Å². The molecule has 180 valence electrons. The van der Waals surface area contributed by atoms with Gasteiger partial charge in [-0.1, -0.05) is 49.6 Å². The second-order valence-electron chi connectivity index (χ2n) is 9.00. The summed E-state index contributed by atoms with van der Waals surface area (Å²) in [5.41, 5.74) is 3.48. The Balaban J connectivity index is 1.70. The van der Waals surface area contributed by atoms with Crippen LogP contribution in [-0.4, -0.2) is 37.7 Å². The molecule has 1 aromatic rings. The maximum Gasteiger partial charge on any atom is 0.338 e. The summed E-state index contributed by atoms with van der Waals surface area (Å²) >= 11 is 0. The molecule has 6 heteroatoms. The molecule has 0 saturated heterocycles. The van der Waals surface area contributed by atoms with Crippen molar-refractivity contribution in [2.45, 2.75) is 71.8 Å². The fourth-order valence-electron chi connectivity index (χ4n) is 4.68. The highest BCUT2D eigenvalue weighted by Crippen LogP contribution is 2.30. The maximum absolute atomic E-state index is 13.2. The van der Waals surface area contributed by atoms with Crippen molar-refractivity contribution in [3.05, 3.63) is 58.4 Å². The molecule has 1 aliphatic heterocycles. The topological polar surface area (TPSA) is 76.7 Å². The molecule has 6 nitrogen and oxygen atoms in total. The van der Waals surface area contributed by atoms with Gasteiger partial charge < -0.3 is 20.1 Å². The molecule has 1 atom stereocenters. The standard InChI is InChI=1S/C27H38N2O4/c1-4-28-26(30)23-19(2)29-20(3)24(25(23)33-18-22-14-9-6-10-15-22)27(31)32-17-11-16-21-12-7-5-8-13-21/h5,7-8,12-13,22,25,29H,4,6,9-11,14-18H2,1-3H3,(H,28,30). The number of hydrogen-bond donors (Lipinski definition) is 2. The normalized spacial score (nSPS) is 19.3.